The molecular formula is C49H96N2O6P+. The molecule has 1 amide bonds. The van der Waals surface area contributed by atoms with Gasteiger partial charge in [-0.05, 0) is 44.9 Å². The largest absolute Gasteiger partial charge is 0.472 e. The molecule has 58 heavy (non-hydrogen) atoms. The highest BCUT2D eigenvalue weighted by Gasteiger charge is 2.27. The van der Waals surface area contributed by atoms with E-state index >= 15 is 0 Å². The smallest absolute Gasteiger partial charge is 0.387 e. The van der Waals surface area contributed by atoms with Crippen LogP contribution in [-0.2, 0) is 18.4 Å². The fourth-order valence-electron chi connectivity index (χ4n) is 6.96. The zero-order valence-corrected chi connectivity index (χ0v) is 39.7. The maximum absolute atomic E-state index is 12.9. The van der Waals surface area contributed by atoms with Crippen LogP contribution in [0.2, 0.25) is 0 Å². The highest BCUT2D eigenvalue weighted by molar-refractivity contribution is 7.47. The number of aliphatic hydroxyl groups excluding tert-OH is 1. The first-order chi connectivity index (χ1) is 28.0. The van der Waals surface area contributed by atoms with Gasteiger partial charge in [-0.25, -0.2) is 4.57 Å². The van der Waals surface area contributed by atoms with Gasteiger partial charge >= 0.3 is 7.82 Å². The molecular weight excluding hydrogens is 744 g/mol. The highest BCUT2D eigenvalue weighted by atomic mass is 31.2. The number of amides is 1. The molecule has 0 saturated heterocycles. The number of hydrogen-bond acceptors (Lipinski definition) is 5. The molecule has 3 unspecified atom stereocenters. The Morgan fingerprint density at radius 3 is 1.38 bits per heavy atom. The molecule has 342 valence electrons. The first-order valence-corrected chi connectivity index (χ1v) is 25.9. The van der Waals surface area contributed by atoms with Crippen molar-refractivity contribution in [3.63, 3.8) is 0 Å². The summed E-state index contributed by atoms with van der Waals surface area (Å²) in [5, 5.41) is 13.8. The van der Waals surface area contributed by atoms with E-state index in [0.29, 0.717) is 17.4 Å². The number of carbonyl (C=O) groups is 1. The van der Waals surface area contributed by atoms with Crippen molar-refractivity contribution in [3.05, 3.63) is 36.5 Å². The predicted molar refractivity (Wildman–Crippen MR) is 249 cm³/mol. The Hall–Kier alpha value is -1.28. The van der Waals surface area contributed by atoms with Gasteiger partial charge in [0.2, 0.25) is 5.91 Å². The molecule has 0 saturated carbocycles. The molecule has 3 atom stereocenters. The standard InChI is InChI=1S/C49H95N2O6P/c1-6-8-10-12-14-16-18-20-21-22-23-24-25-26-27-28-29-31-32-34-36-38-40-42-48(52)47(46-57-58(54,55)56-45-44-51(3,4)5)50-49(53)43-41-39-37-35-33-30-19-17-15-13-11-9-7-2/h27-28,32,34,40,42,47-48,52H,6-26,29-31,33,35-39,41,43-46H2,1-5H3,(H-,50,53,54,55)/p+1/b28-27+,34-32+,42-40+. The molecule has 0 fully saturated rings. The van der Waals surface area contributed by atoms with Crippen molar-refractivity contribution in [2.75, 3.05) is 40.9 Å². The molecule has 0 aliphatic heterocycles. The van der Waals surface area contributed by atoms with Crippen molar-refractivity contribution < 1.29 is 32.9 Å². The Morgan fingerprint density at radius 2 is 0.948 bits per heavy atom. The third-order valence-electron chi connectivity index (χ3n) is 10.8. The molecule has 0 aromatic heterocycles. The van der Waals surface area contributed by atoms with Gasteiger partial charge in [0, 0.05) is 6.42 Å². The van der Waals surface area contributed by atoms with E-state index in [9.17, 15) is 19.4 Å². The summed E-state index contributed by atoms with van der Waals surface area (Å²) in [6.07, 6.45) is 50.8. The maximum Gasteiger partial charge on any atom is 0.472 e. The predicted octanol–water partition coefficient (Wildman–Crippen LogP) is 13.9. The minimum atomic E-state index is -4.35. The van der Waals surface area contributed by atoms with E-state index in [1.54, 1.807) is 6.08 Å². The molecule has 3 N–H and O–H groups in total. The minimum absolute atomic E-state index is 0.0547. The zero-order valence-electron chi connectivity index (χ0n) is 38.8. The first kappa shape index (κ1) is 56.7. The number of phosphoric ester groups is 1. The summed E-state index contributed by atoms with van der Waals surface area (Å²) >= 11 is 0. The second-order valence-corrected chi connectivity index (χ2v) is 19.3. The van der Waals surface area contributed by atoms with Gasteiger partial charge < -0.3 is 19.8 Å². The number of allylic oxidation sites excluding steroid dienone is 5. The number of rotatable bonds is 44. The highest BCUT2D eigenvalue weighted by Crippen LogP contribution is 2.43. The van der Waals surface area contributed by atoms with Crippen molar-refractivity contribution >= 4 is 13.7 Å². The molecule has 0 heterocycles. The number of unbranched alkanes of at least 4 members (excludes halogenated alkanes) is 27. The van der Waals surface area contributed by atoms with E-state index in [1.165, 1.54) is 154 Å². The lowest BCUT2D eigenvalue weighted by atomic mass is 10.0. The molecule has 0 aromatic rings. The van der Waals surface area contributed by atoms with Gasteiger partial charge in [-0.3, -0.25) is 13.8 Å². The van der Waals surface area contributed by atoms with Crippen LogP contribution in [0.3, 0.4) is 0 Å². The van der Waals surface area contributed by atoms with Crippen molar-refractivity contribution in [2.24, 2.45) is 0 Å². The van der Waals surface area contributed by atoms with E-state index in [-0.39, 0.29) is 19.1 Å². The second kappa shape index (κ2) is 41.1. The molecule has 0 aliphatic rings. The van der Waals surface area contributed by atoms with E-state index in [2.05, 4.69) is 43.5 Å². The van der Waals surface area contributed by atoms with Crippen LogP contribution in [0.25, 0.3) is 0 Å². The van der Waals surface area contributed by atoms with Crippen LogP contribution in [0.15, 0.2) is 36.5 Å². The number of aliphatic hydroxyl groups is 1. The van der Waals surface area contributed by atoms with E-state index < -0.39 is 20.0 Å². The van der Waals surface area contributed by atoms with E-state index in [0.717, 1.165) is 44.9 Å². The second-order valence-electron chi connectivity index (χ2n) is 17.8. The van der Waals surface area contributed by atoms with E-state index in [1.807, 2.05) is 27.2 Å². The average Bonchev–Trinajstić information content (AvgIpc) is 3.17. The molecule has 0 bridgehead atoms. The van der Waals surface area contributed by atoms with Crippen LogP contribution < -0.4 is 5.32 Å². The van der Waals surface area contributed by atoms with Crippen LogP contribution in [0.5, 0.6) is 0 Å². The van der Waals surface area contributed by atoms with Crippen LogP contribution in [0.1, 0.15) is 219 Å². The van der Waals surface area contributed by atoms with Crippen LogP contribution >= 0.6 is 7.82 Å². The summed E-state index contributed by atoms with van der Waals surface area (Å²) in [5.41, 5.74) is 0. The first-order valence-electron chi connectivity index (χ1n) is 24.4. The molecule has 0 spiro atoms. The number of quaternary nitrogens is 1. The Bertz CT molecular complexity index is 1040. The Balaban J connectivity index is 4.39. The van der Waals surface area contributed by atoms with Crippen molar-refractivity contribution in [1.82, 2.24) is 5.32 Å². The fraction of sp³-hybridized carbons (Fsp3) is 0.857. The topological polar surface area (TPSA) is 105 Å². The van der Waals surface area contributed by atoms with Gasteiger partial charge in [-0.2, -0.15) is 0 Å². The number of phosphoric acid groups is 1. The number of likely N-dealkylation sites (N-methyl/N-ethyl adjacent to an activating group) is 1. The fourth-order valence-corrected chi connectivity index (χ4v) is 7.69. The van der Waals surface area contributed by atoms with Gasteiger partial charge in [-0.1, -0.05) is 204 Å². The Morgan fingerprint density at radius 1 is 0.569 bits per heavy atom. The third kappa shape index (κ3) is 42.8. The Labute approximate surface area is 359 Å². The third-order valence-corrected chi connectivity index (χ3v) is 11.8. The van der Waals surface area contributed by atoms with Gasteiger partial charge in [-0.15, -0.1) is 0 Å². The number of nitrogens with zero attached hydrogens (tertiary/aromatic N) is 1. The number of hydrogen-bond donors (Lipinski definition) is 3. The maximum atomic E-state index is 12.9. The monoisotopic (exact) mass is 840 g/mol. The minimum Gasteiger partial charge on any atom is -0.387 e. The normalized spacial score (nSPS) is 14.5. The molecule has 0 aromatic carbocycles. The molecule has 0 radical (unpaired) electrons. The van der Waals surface area contributed by atoms with Gasteiger partial charge in [0.05, 0.1) is 39.9 Å². The summed E-state index contributed by atoms with van der Waals surface area (Å²) in [6, 6.07) is -0.866. The van der Waals surface area contributed by atoms with Crippen LogP contribution in [0, 0.1) is 0 Å². The summed E-state index contributed by atoms with van der Waals surface area (Å²) in [6.45, 7) is 4.79. The van der Waals surface area contributed by atoms with Crippen LogP contribution in [0.4, 0.5) is 0 Å². The quantitative estimate of drug-likeness (QED) is 0.0244. The summed E-state index contributed by atoms with van der Waals surface area (Å²) < 4.78 is 23.6. The lowest BCUT2D eigenvalue weighted by molar-refractivity contribution is -0.870. The van der Waals surface area contributed by atoms with E-state index in [4.69, 9.17) is 9.05 Å². The summed E-state index contributed by atoms with van der Waals surface area (Å²) in [4.78, 5) is 23.1. The van der Waals surface area contributed by atoms with Gasteiger partial charge in [0.1, 0.15) is 13.2 Å². The number of nitrogens with one attached hydrogen (secondary N) is 1. The number of carbonyl (C=O) groups excluding carboxylic acids is 1. The average molecular weight is 840 g/mol. The summed E-state index contributed by atoms with van der Waals surface area (Å²) in [5.74, 6) is -0.191. The lowest BCUT2D eigenvalue weighted by Crippen LogP contribution is -2.45. The van der Waals surface area contributed by atoms with Crippen LogP contribution in [-0.4, -0.2) is 73.4 Å². The molecule has 8 nitrogen and oxygen atoms in total. The zero-order chi connectivity index (χ0) is 42.8. The molecule has 9 heteroatoms. The molecule has 0 rings (SSSR count). The molecule has 0 aliphatic carbocycles. The SMILES string of the molecule is CCCCCCCCCCCCCCC/C=C/CC/C=C/CC/C=C/C(O)C(COP(=O)(O)OCC[N+](C)(C)C)NC(=O)CCCCCCCCCCCCCCC. The van der Waals surface area contributed by atoms with Crippen molar-refractivity contribution in [2.45, 2.75) is 231 Å². The lowest BCUT2D eigenvalue weighted by Gasteiger charge is -2.25. The Kier molecular flexibility index (Phi) is 40.2. The van der Waals surface area contributed by atoms with Crippen molar-refractivity contribution in [3.8, 4) is 0 Å². The van der Waals surface area contributed by atoms with Gasteiger partial charge in [0.15, 0.2) is 0 Å². The summed E-state index contributed by atoms with van der Waals surface area (Å²) in [7, 11) is 1.55. The van der Waals surface area contributed by atoms with Gasteiger partial charge in [0.25, 0.3) is 0 Å². The van der Waals surface area contributed by atoms with Crippen molar-refractivity contribution in [1.29, 1.82) is 0 Å².